The lowest BCUT2D eigenvalue weighted by Gasteiger charge is -2.34. The van der Waals surface area contributed by atoms with Gasteiger partial charge in [0.25, 0.3) is 0 Å². The van der Waals surface area contributed by atoms with E-state index in [9.17, 15) is 4.79 Å². The zero-order chi connectivity index (χ0) is 27.2. The van der Waals surface area contributed by atoms with Gasteiger partial charge in [-0.05, 0) is 81.0 Å². The molecular weight excluding hydrogens is 494 g/mol. The quantitative estimate of drug-likeness (QED) is 0.375. The standard InChI is InChI=1S/C30H39N5O4/c1-4-38-30(36)28-29(35(32-31-28)21-22-5-13-26(37-3)14-6-22)39-27-15-9-24(10-16-27)23-7-11-25(12-8-23)34-19-17-33(2)18-20-34/h5-8,11-14,24,27H,4,9-10,15-21H2,1-3H3/t24-,27-. The first-order chi connectivity index (χ1) is 19.0. The van der Waals surface area contributed by atoms with Crippen LogP contribution in [0.2, 0.25) is 0 Å². The molecule has 0 unspecified atom stereocenters. The number of hydrogen-bond acceptors (Lipinski definition) is 8. The van der Waals surface area contributed by atoms with Crippen molar-refractivity contribution >= 4 is 11.7 Å². The second kappa shape index (κ2) is 12.5. The van der Waals surface area contributed by atoms with Crippen LogP contribution in [0.25, 0.3) is 0 Å². The fourth-order valence-corrected chi connectivity index (χ4v) is 5.45. The number of likely N-dealkylation sites (N-methyl/N-ethyl adjacent to an activating group) is 1. The third-order valence-electron chi connectivity index (χ3n) is 7.84. The molecule has 0 radical (unpaired) electrons. The summed E-state index contributed by atoms with van der Waals surface area (Å²) in [4.78, 5) is 17.5. The molecule has 2 heterocycles. The van der Waals surface area contributed by atoms with E-state index in [4.69, 9.17) is 14.2 Å². The minimum atomic E-state index is -0.511. The second-order valence-electron chi connectivity index (χ2n) is 10.4. The molecule has 1 saturated carbocycles. The first-order valence-corrected chi connectivity index (χ1v) is 14.0. The van der Waals surface area contributed by atoms with Crippen LogP contribution in [0, 0.1) is 0 Å². The molecule has 0 spiro atoms. The van der Waals surface area contributed by atoms with Crippen LogP contribution < -0.4 is 14.4 Å². The number of benzene rings is 2. The number of piperazine rings is 1. The zero-order valence-corrected chi connectivity index (χ0v) is 23.2. The molecule has 1 aliphatic carbocycles. The molecule has 0 atom stereocenters. The summed E-state index contributed by atoms with van der Waals surface area (Å²) in [5.41, 5.74) is 3.84. The van der Waals surface area contributed by atoms with E-state index in [0.29, 0.717) is 18.3 Å². The number of rotatable bonds is 9. The fourth-order valence-electron chi connectivity index (χ4n) is 5.45. The molecule has 9 nitrogen and oxygen atoms in total. The van der Waals surface area contributed by atoms with Crippen LogP contribution in [0.1, 0.15) is 60.1 Å². The predicted molar refractivity (Wildman–Crippen MR) is 150 cm³/mol. The van der Waals surface area contributed by atoms with Crippen molar-refractivity contribution in [3.05, 3.63) is 65.4 Å². The average molecular weight is 534 g/mol. The molecule has 0 amide bonds. The molecule has 5 rings (SSSR count). The van der Waals surface area contributed by atoms with E-state index in [0.717, 1.165) is 63.2 Å². The smallest absolute Gasteiger partial charge is 0.364 e. The molecule has 2 aromatic carbocycles. The third-order valence-corrected chi connectivity index (χ3v) is 7.84. The van der Waals surface area contributed by atoms with E-state index in [-0.39, 0.29) is 18.4 Å². The first-order valence-electron chi connectivity index (χ1n) is 14.0. The van der Waals surface area contributed by atoms with Crippen molar-refractivity contribution in [2.75, 3.05) is 51.8 Å². The number of ether oxygens (including phenoxy) is 3. The highest BCUT2D eigenvalue weighted by Gasteiger charge is 2.29. The van der Waals surface area contributed by atoms with E-state index < -0.39 is 5.97 Å². The highest BCUT2D eigenvalue weighted by molar-refractivity contribution is 5.89. The van der Waals surface area contributed by atoms with Gasteiger partial charge in [0.1, 0.15) is 11.9 Å². The van der Waals surface area contributed by atoms with Gasteiger partial charge in [-0.3, -0.25) is 0 Å². The summed E-state index contributed by atoms with van der Waals surface area (Å²) >= 11 is 0. The van der Waals surface area contributed by atoms with E-state index in [1.165, 1.54) is 11.3 Å². The Kier molecular flexibility index (Phi) is 8.66. The lowest BCUT2D eigenvalue weighted by molar-refractivity contribution is 0.0507. The van der Waals surface area contributed by atoms with Gasteiger partial charge in [0.2, 0.25) is 11.6 Å². The number of aromatic nitrogens is 3. The summed E-state index contributed by atoms with van der Waals surface area (Å²) < 4.78 is 18.6. The topological polar surface area (TPSA) is 81.9 Å². The van der Waals surface area contributed by atoms with Gasteiger partial charge in [-0.25, -0.2) is 9.48 Å². The van der Waals surface area contributed by atoms with Gasteiger partial charge >= 0.3 is 5.97 Å². The van der Waals surface area contributed by atoms with Crippen LogP contribution in [0.3, 0.4) is 0 Å². The van der Waals surface area contributed by atoms with Gasteiger partial charge in [-0.1, -0.05) is 29.5 Å². The molecular formula is C30H39N5O4. The number of nitrogens with zero attached hydrogens (tertiary/aromatic N) is 5. The largest absolute Gasteiger partial charge is 0.497 e. The predicted octanol–water partition coefficient (Wildman–Crippen LogP) is 4.37. The number of carbonyl (C=O) groups is 1. The molecule has 2 fully saturated rings. The summed E-state index contributed by atoms with van der Waals surface area (Å²) in [7, 11) is 3.83. The maximum Gasteiger partial charge on any atom is 0.364 e. The van der Waals surface area contributed by atoms with Crippen molar-refractivity contribution in [1.82, 2.24) is 19.9 Å². The van der Waals surface area contributed by atoms with Crippen molar-refractivity contribution < 1.29 is 19.0 Å². The Morgan fingerprint density at radius 1 is 0.949 bits per heavy atom. The number of hydrogen-bond donors (Lipinski definition) is 0. The van der Waals surface area contributed by atoms with Crippen LogP contribution >= 0.6 is 0 Å². The molecule has 1 aliphatic heterocycles. The van der Waals surface area contributed by atoms with Gasteiger partial charge in [0, 0.05) is 31.9 Å². The van der Waals surface area contributed by atoms with Crippen LogP contribution in [-0.4, -0.2) is 78.9 Å². The van der Waals surface area contributed by atoms with Gasteiger partial charge in [-0.15, -0.1) is 5.10 Å². The normalized spacial score (nSPS) is 20.0. The van der Waals surface area contributed by atoms with Crippen molar-refractivity contribution in [2.24, 2.45) is 0 Å². The van der Waals surface area contributed by atoms with Crippen molar-refractivity contribution in [3.63, 3.8) is 0 Å². The maximum atomic E-state index is 12.6. The monoisotopic (exact) mass is 533 g/mol. The summed E-state index contributed by atoms with van der Waals surface area (Å²) in [6, 6.07) is 16.9. The Bertz CT molecular complexity index is 1210. The van der Waals surface area contributed by atoms with Crippen molar-refractivity contribution in [3.8, 4) is 11.6 Å². The molecule has 0 N–H and O–H groups in total. The molecule has 39 heavy (non-hydrogen) atoms. The molecule has 2 aliphatic rings. The Hall–Kier alpha value is -3.59. The number of methoxy groups -OCH3 is 1. The number of carbonyl (C=O) groups excluding carboxylic acids is 1. The summed E-state index contributed by atoms with van der Waals surface area (Å²) in [5, 5.41) is 8.36. The van der Waals surface area contributed by atoms with Crippen molar-refractivity contribution in [1.29, 1.82) is 0 Å². The molecule has 9 heteroatoms. The van der Waals surface area contributed by atoms with Crippen molar-refractivity contribution in [2.45, 2.75) is 51.2 Å². The van der Waals surface area contributed by atoms with Gasteiger partial charge in [0.15, 0.2) is 0 Å². The Morgan fingerprint density at radius 3 is 2.28 bits per heavy atom. The van der Waals surface area contributed by atoms with Gasteiger partial charge < -0.3 is 24.0 Å². The van der Waals surface area contributed by atoms with Crippen LogP contribution in [0.5, 0.6) is 11.6 Å². The molecule has 1 saturated heterocycles. The Balaban J connectivity index is 1.23. The highest BCUT2D eigenvalue weighted by atomic mass is 16.5. The summed E-state index contributed by atoms with van der Waals surface area (Å²) in [5.74, 6) is 1.16. The Labute approximate surface area is 230 Å². The molecule has 3 aromatic rings. The first kappa shape index (κ1) is 27.0. The summed E-state index contributed by atoms with van der Waals surface area (Å²) in [6.45, 7) is 6.85. The van der Waals surface area contributed by atoms with Gasteiger partial charge in [-0.2, -0.15) is 0 Å². The van der Waals surface area contributed by atoms with Crippen LogP contribution in [-0.2, 0) is 11.3 Å². The van der Waals surface area contributed by atoms with Crippen LogP contribution in [0.15, 0.2) is 48.5 Å². The minimum Gasteiger partial charge on any atom is -0.497 e. The number of anilines is 1. The highest BCUT2D eigenvalue weighted by Crippen LogP contribution is 2.36. The lowest BCUT2D eigenvalue weighted by atomic mass is 9.82. The fraction of sp³-hybridized carbons (Fsp3) is 0.500. The van der Waals surface area contributed by atoms with Crippen LogP contribution in [0.4, 0.5) is 5.69 Å². The minimum absolute atomic E-state index is 0.00726. The van der Waals surface area contributed by atoms with Gasteiger partial charge in [0.05, 0.1) is 20.3 Å². The summed E-state index contributed by atoms with van der Waals surface area (Å²) in [6.07, 6.45) is 3.87. The van der Waals surface area contributed by atoms with E-state index >= 15 is 0 Å². The lowest BCUT2D eigenvalue weighted by Crippen LogP contribution is -2.44. The average Bonchev–Trinajstić information content (AvgIpc) is 3.36. The zero-order valence-electron chi connectivity index (χ0n) is 23.2. The number of esters is 1. The third kappa shape index (κ3) is 6.53. The molecule has 208 valence electrons. The maximum absolute atomic E-state index is 12.6. The molecule has 1 aromatic heterocycles. The van der Waals surface area contributed by atoms with E-state index in [2.05, 4.69) is 51.4 Å². The Morgan fingerprint density at radius 2 is 1.64 bits per heavy atom. The second-order valence-corrected chi connectivity index (χ2v) is 10.4. The SMILES string of the molecule is CCOC(=O)c1nnn(Cc2ccc(OC)cc2)c1O[C@H]1CC[C@H](c2ccc(N3CCN(C)CC3)cc2)CC1. The molecule has 0 bridgehead atoms. The van der Waals surface area contributed by atoms with E-state index in [1.54, 1.807) is 18.7 Å². The van der Waals surface area contributed by atoms with E-state index in [1.807, 2.05) is 24.3 Å².